The summed E-state index contributed by atoms with van der Waals surface area (Å²) in [6.07, 6.45) is 4.80. The van der Waals surface area contributed by atoms with Crippen LogP contribution in [0.2, 0.25) is 0 Å². The number of fused-ring (bicyclic) bond motifs is 1. The molecule has 1 unspecified atom stereocenters. The number of aliphatic hydroxyl groups is 1. The van der Waals surface area contributed by atoms with Crippen LogP contribution in [-0.2, 0) is 22.4 Å². The van der Waals surface area contributed by atoms with Crippen LogP contribution in [0.4, 0.5) is 5.69 Å². The summed E-state index contributed by atoms with van der Waals surface area (Å²) < 4.78 is 4.99. The van der Waals surface area contributed by atoms with Crippen molar-refractivity contribution in [1.82, 2.24) is 5.01 Å². The van der Waals surface area contributed by atoms with Crippen LogP contribution >= 0.6 is 11.8 Å². The number of thioether (sulfide) groups is 1. The number of nitrogens with zero attached hydrogens (tertiary/aromatic N) is 2. The van der Waals surface area contributed by atoms with Gasteiger partial charge in [0.05, 0.1) is 12.8 Å². The first-order chi connectivity index (χ1) is 16.6. The van der Waals surface area contributed by atoms with Gasteiger partial charge in [-0.05, 0) is 66.1 Å². The molecule has 1 saturated heterocycles. The highest BCUT2D eigenvalue weighted by atomic mass is 32.2. The van der Waals surface area contributed by atoms with E-state index in [9.17, 15) is 9.59 Å². The van der Waals surface area contributed by atoms with Crippen molar-refractivity contribution in [2.24, 2.45) is 11.0 Å². The van der Waals surface area contributed by atoms with Crippen LogP contribution in [0.25, 0.3) is 0 Å². The molecule has 1 heterocycles. The smallest absolute Gasteiger partial charge is 0.306 e. The molecule has 2 aromatic rings. The van der Waals surface area contributed by atoms with E-state index in [1.807, 2.05) is 60.4 Å². The number of hydrogen-bond acceptors (Lipinski definition) is 7. The maximum atomic E-state index is 12.7. The van der Waals surface area contributed by atoms with Gasteiger partial charge >= 0.3 is 5.97 Å². The fourth-order valence-corrected chi connectivity index (χ4v) is 5.16. The monoisotopic (exact) mass is 481 g/mol. The minimum Gasteiger partial charge on any atom is -0.463 e. The minimum absolute atomic E-state index is 0.0550. The summed E-state index contributed by atoms with van der Waals surface area (Å²) in [5.74, 6) is 2.07. The molecule has 0 spiro atoms. The highest BCUT2D eigenvalue weighted by molar-refractivity contribution is 7.99. The van der Waals surface area contributed by atoms with Crippen LogP contribution in [0, 0.1) is 5.92 Å². The maximum Gasteiger partial charge on any atom is 0.306 e. The van der Waals surface area contributed by atoms with E-state index < -0.39 is 0 Å². The number of rotatable bonds is 8. The normalized spacial score (nSPS) is 17.9. The molecule has 2 aromatic carbocycles. The van der Waals surface area contributed by atoms with Crippen LogP contribution in [0.1, 0.15) is 39.9 Å². The molecule has 1 aliphatic heterocycles. The Morgan fingerprint density at radius 3 is 2.71 bits per heavy atom. The van der Waals surface area contributed by atoms with E-state index in [0.29, 0.717) is 12.0 Å². The zero-order valence-electron chi connectivity index (χ0n) is 19.2. The fraction of sp³-hybridized carbons (Fsp3) is 0.423. The van der Waals surface area contributed by atoms with Crippen molar-refractivity contribution in [3.05, 3.63) is 64.7 Å². The van der Waals surface area contributed by atoms with E-state index in [4.69, 9.17) is 9.84 Å². The van der Waals surface area contributed by atoms with Crippen molar-refractivity contribution in [3.8, 4) is 0 Å². The first-order valence-electron chi connectivity index (χ1n) is 11.8. The first-order valence-corrected chi connectivity index (χ1v) is 12.9. The topological polar surface area (TPSA) is 91.2 Å². The fourth-order valence-electron chi connectivity index (χ4n) is 4.28. The van der Waals surface area contributed by atoms with Crippen LogP contribution in [-0.4, -0.2) is 66.0 Å². The second kappa shape index (κ2) is 12.0. The summed E-state index contributed by atoms with van der Waals surface area (Å²) in [4.78, 5) is 24.6. The number of nitrogens with one attached hydrogen (secondary N) is 1. The van der Waals surface area contributed by atoms with Gasteiger partial charge in [-0.1, -0.05) is 18.2 Å². The zero-order valence-corrected chi connectivity index (χ0v) is 20.1. The van der Waals surface area contributed by atoms with Crippen molar-refractivity contribution < 1.29 is 19.4 Å². The Hall–Kier alpha value is -2.84. The highest BCUT2D eigenvalue weighted by Gasteiger charge is 2.22. The van der Waals surface area contributed by atoms with Gasteiger partial charge in [-0.2, -0.15) is 16.9 Å². The van der Waals surface area contributed by atoms with Gasteiger partial charge in [-0.3, -0.25) is 14.6 Å². The molecule has 180 valence electrons. The second-order valence-electron chi connectivity index (χ2n) is 8.63. The molecule has 1 amide bonds. The lowest BCUT2D eigenvalue weighted by atomic mass is 9.82. The quantitative estimate of drug-likeness (QED) is 0.444. The van der Waals surface area contributed by atoms with Gasteiger partial charge in [0.1, 0.15) is 6.61 Å². The van der Waals surface area contributed by atoms with Crippen molar-refractivity contribution in [3.63, 3.8) is 0 Å². The number of hydrazone groups is 1. The average Bonchev–Trinajstić information content (AvgIpc) is 2.87. The Labute approximate surface area is 204 Å². The number of hydrogen-bond donors (Lipinski definition) is 2. The van der Waals surface area contributed by atoms with Crippen LogP contribution in [0.3, 0.4) is 0 Å². The lowest BCUT2D eigenvalue weighted by molar-refractivity contribution is -0.145. The molecule has 0 radical (unpaired) electrons. The third-order valence-electron chi connectivity index (χ3n) is 6.13. The van der Waals surface area contributed by atoms with Crippen LogP contribution in [0.15, 0.2) is 47.6 Å². The number of carbonyl (C=O) groups excluding carboxylic acids is 2. The third-order valence-corrected chi connectivity index (χ3v) is 7.08. The number of aliphatic hydroxyl groups excluding tert-OH is 1. The van der Waals surface area contributed by atoms with E-state index in [-0.39, 0.29) is 31.0 Å². The molecule has 8 heteroatoms. The van der Waals surface area contributed by atoms with E-state index in [1.165, 1.54) is 11.1 Å². The Kier molecular flexibility index (Phi) is 8.60. The number of ether oxygens (including phenoxy) is 1. The summed E-state index contributed by atoms with van der Waals surface area (Å²) in [5.41, 5.74) is 4.77. The molecule has 0 bridgehead atoms. The Bertz CT molecular complexity index is 1020. The van der Waals surface area contributed by atoms with Crippen molar-refractivity contribution >= 4 is 35.5 Å². The molecule has 2 N–H and O–H groups in total. The molecule has 1 fully saturated rings. The molecule has 34 heavy (non-hydrogen) atoms. The number of aryl methyl sites for hydroxylation is 1. The van der Waals surface area contributed by atoms with Crippen LogP contribution < -0.4 is 5.32 Å². The molecular formula is C26H31N3O4S. The SMILES string of the molecule is O=C(CC1CCc2cc(NC(=O)c3ccc(/C=N/N4CCSCC4)cc3)ccc2C1)OCCO. The number of benzene rings is 2. The summed E-state index contributed by atoms with van der Waals surface area (Å²) in [6.45, 7) is 1.85. The predicted molar refractivity (Wildman–Crippen MR) is 136 cm³/mol. The minimum atomic E-state index is -0.255. The van der Waals surface area contributed by atoms with Crippen molar-refractivity contribution in [2.75, 3.05) is 43.1 Å². The maximum absolute atomic E-state index is 12.7. The second-order valence-corrected chi connectivity index (χ2v) is 9.85. The van der Waals surface area contributed by atoms with Gasteiger partial charge in [-0.25, -0.2) is 0 Å². The van der Waals surface area contributed by atoms with Gasteiger partial charge < -0.3 is 15.2 Å². The molecule has 1 aliphatic carbocycles. The summed E-state index contributed by atoms with van der Waals surface area (Å²) >= 11 is 1.95. The van der Waals surface area contributed by atoms with E-state index in [0.717, 1.165) is 55.1 Å². The van der Waals surface area contributed by atoms with E-state index in [2.05, 4.69) is 15.4 Å². The molecule has 1 atom stereocenters. The van der Waals surface area contributed by atoms with Crippen molar-refractivity contribution in [1.29, 1.82) is 0 Å². The van der Waals surface area contributed by atoms with Gasteiger partial charge in [0.25, 0.3) is 5.91 Å². The standard InChI is InChI=1S/C26H31N3O4S/c30-11-12-33-25(31)16-20-3-6-23-17-24(8-7-22(23)15-20)28-26(32)21-4-1-19(2-5-21)18-27-29-9-13-34-14-10-29/h1-2,4-5,7-8,17-18,20,30H,3,6,9-16H2,(H,28,32)/b27-18+. The molecule has 4 rings (SSSR count). The predicted octanol–water partition coefficient (Wildman–Crippen LogP) is 3.35. The van der Waals surface area contributed by atoms with Gasteiger partial charge in [0.15, 0.2) is 0 Å². The number of carbonyl (C=O) groups is 2. The van der Waals surface area contributed by atoms with Crippen molar-refractivity contribution in [2.45, 2.75) is 25.7 Å². The van der Waals surface area contributed by atoms with E-state index >= 15 is 0 Å². The third kappa shape index (κ3) is 6.84. The Balaban J connectivity index is 1.30. The zero-order chi connectivity index (χ0) is 23.8. The largest absolute Gasteiger partial charge is 0.463 e. The number of esters is 1. The first kappa shape index (κ1) is 24.3. The van der Waals surface area contributed by atoms with Gasteiger partial charge in [0.2, 0.25) is 0 Å². The molecule has 0 aromatic heterocycles. The van der Waals surface area contributed by atoms with Gasteiger partial charge in [0, 0.05) is 42.3 Å². The highest BCUT2D eigenvalue weighted by Crippen LogP contribution is 2.30. The van der Waals surface area contributed by atoms with E-state index in [1.54, 1.807) is 0 Å². The number of anilines is 1. The van der Waals surface area contributed by atoms with Crippen LogP contribution in [0.5, 0.6) is 0 Å². The summed E-state index contributed by atoms with van der Waals surface area (Å²) in [6, 6.07) is 13.5. The molecule has 2 aliphatic rings. The van der Waals surface area contributed by atoms with Gasteiger partial charge in [-0.15, -0.1) is 0 Å². The summed E-state index contributed by atoms with van der Waals surface area (Å²) in [7, 11) is 0. The molecule has 0 saturated carbocycles. The molecule has 7 nitrogen and oxygen atoms in total. The Morgan fingerprint density at radius 2 is 1.94 bits per heavy atom. The summed E-state index contributed by atoms with van der Waals surface area (Å²) in [5, 5.41) is 18.4. The number of amides is 1. The molecular weight excluding hydrogens is 450 g/mol. The Morgan fingerprint density at radius 1 is 1.15 bits per heavy atom. The lowest BCUT2D eigenvalue weighted by Crippen LogP contribution is -2.27. The lowest BCUT2D eigenvalue weighted by Gasteiger charge is -2.24. The average molecular weight is 482 g/mol.